The van der Waals surface area contributed by atoms with E-state index in [2.05, 4.69) is 25.8 Å². The minimum atomic E-state index is 0. The van der Waals surface area contributed by atoms with Crippen LogP contribution in [0.25, 0.3) is 0 Å². The Morgan fingerprint density at radius 3 is 1.58 bits per heavy atom. The number of amidine groups is 1. The Kier molecular flexibility index (Phi) is 23.2. The summed E-state index contributed by atoms with van der Waals surface area (Å²) in [5.41, 5.74) is 0. The zero-order valence-corrected chi connectivity index (χ0v) is 23.4. The first kappa shape index (κ1) is 32.7. The van der Waals surface area contributed by atoms with Crippen LogP contribution in [0.1, 0.15) is 162 Å². The number of hydrogen-bond donors (Lipinski definition) is 2. The van der Waals surface area contributed by atoms with E-state index in [9.17, 15) is 0 Å². The molecule has 5 heteroatoms. The highest BCUT2D eigenvalue weighted by Gasteiger charge is 2.35. The lowest BCUT2D eigenvalue weighted by Crippen LogP contribution is -3.11. The summed E-state index contributed by atoms with van der Waals surface area (Å²) in [6.07, 6.45) is 29.8. The molecule has 3 N–H and O–H groups in total. The van der Waals surface area contributed by atoms with Gasteiger partial charge < -0.3 is 12.4 Å². The van der Waals surface area contributed by atoms with Crippen LogP contribution in [0.5, 0.6) is 0 Å². The molecule has 33 heavy (non-hydrogen) atoms. The summed E-state index contributed by atoms with van der Waals surface area (Å²) < 4.78 is 0. The molecule has 0 aromatic heterocycles. The maximum absolute atomic E-state index is 6.60. The van der Waals surface area contributed by atoms with Crippen molar-refractivity contribution >= 4 is 5.84 Å². The van der Waals surface area contributed by atoms with Crippen LogP contribution in [0, 0.1) is 0 Å². The van der Waals surface area contributed by atoms with Crippen LogP contribution < -0.4 is 23.3 Å². The van der Waals surface area contributed by atoms with Gasteiger partial charge in [-0.2, -0.15) is 5.01 Å². The lowest BCUT2D eigenvalue weighted by Gasteiger charge is -2.23. The smallest absolute Gasteiger partial charge is 0.202 e. The monoisotopic (exact) mass is 486 g/mol. The predicted octanol–water partition coefficient (Wildman–Crippen LogP) is 4.35. The van der Waals surface area contributed by atoms with E-state index in [-0.39, 0.29) is 12.4 Å². The number of quaternary nitrogens is 1. The highest BCUT2D eigenvalue weighted by molar-refractivity contribution is 5.81. The van der Waals surface area contributed by atoms with Gasteiger partial charge in [-0.25, -0.2) is 10.9 Å². The molecule has 0 amide bonds. The average Bonchev–Trinajstić information content (AvgIpc) is 3.09. The largest absolute Gasteiger partial charge is 1.00 e. The third-order valence-electron chi connectivity index (χ3n) is 7.16. The van der Waals surface area contributed by atoms with Gasteiger partial charge in [0.1, 0.15) is 6.54 Å². The van der Waals surface area contributed by atoms with Crippen molar-refractivity contribution in [3.05, 3.63) is 0 Å². The second-order valence-corrected chi connectivity index (χ2v) is 10.2. The van der Waals surface area contributed by atoms with E-state index in [4.69, 9.17) is 10.9 Å². The lowest BCUT2D eigenvalue weighted by atomic mass is 10.1. The Hall–Kier alpha value is -0.320. The van der Waals surface area contributed by atoms with Gasteiger partial charge in [0.2, 0.25) is 6.17 Å². The summed E-state index contributed by atoms with van der Waals surface area (Å²) in [5.74, 6) is 7.77. The first-order valence-corrected chi connectivity index (χ1v) is 14.7. The summed E-state index contributed by atoms with van der Waals surface area (Å²) in [7, 11) is 0. The van der Waals surface area contributed by atoms with Crippen molar-refractivity contribution in [3.63, 3.8) is 0 Å². The van der Waals surface area contributed by atoms with E-state index >= 15 is 0 Å². The van der Waals surface area contributed by atoms with Crippen LogP contribution in [0.3, 0.4) is 0 Å². The number of rotatable bonds is 23. The molecule has 1 aliphatic rings. The van der Waals surface area contributed by atoms with Gasteiger partial charge in [0.25, 0.3) is 0 Å². The van der Waals surface area contributed by atoms with Crippen molar-refractivity contribution in [2.45, 2.75) is 168 Å². The first-order chi connectivity index (χ1) is 15.7. The molecule has 0 aromatic rings. The number of unbranched alkanes of at least 4 members (excludes halogenated alkanes) is 17. The van der Waals surface area contributed by atoms with Crippen molar-refractivity contribution in [1.82, 2.24) is 5.01 Å². The van der Waals surface area contributed by atoms with Gasteiger partial charge in [0.05, 0.1) is 0 Å². The topological polar surface area (TPSA) is 46.1 Å². The zero-order chi connectivity index (χ0) is 23.3. The second-order valence-electron chi connectivity index (χ2n) is 10.2. The van der Waals surface area contributed by atoms with Crippen molar-refractivity contribution in [2.24, 2.45) is 10.9 Å². The SMILES string of the molecule is CCCCCCCCCCCC[NH+]1N=C(CCCCCCC)N(N)C1CCCCCCC.[Cl-]. The predicted molar refractivity (Wildman–Crippen MR) is 142 cm³/mol. The fourth-order valence-electron chi connectivity index (χ4n) is 4.97. The summed E-state index contributed by atoms with van der Waals surface area (Å²) in [5, 5.41) is 8.55. The molecule has 0 aromatic carbocycles. The molecule has 0 bridgehead atoms. The van der Waals surface area contributed by atoms with Gasteiger partial charge in [-0.1, -0.05) is 129 Å². The number of hydrogen-bond acceptors (Lipinski definition) is 3. The number of halogens is 1. The molecule has 0 spiro atoms. The van der Waals surface area contributed by atoms with Gasteiger partial charge in [-0.3, -0.25) is 0 Å². The second kappa shape index (κ2) is 23.4. The van der Waals surface area contributed by atoms with Crippen LogP contribution in [0.15, 0.2) is 5.10 Å². The molecule has 1 aliphatic heterocycles. The van der Waals surface area contributed by atoms with Gasteiger partial charge >= 0.3 is 0 Å². The maximum Gasteiger partial charge on any atom is 0.202 e. The van der Waals surface area contributed by atoms with Gasteiger partial charge in [0, 0.05) is 12.8 Å². The van der Waals surface area contributed by atoms with Crippen LogP contribution in [0.2, 0.25) is 0 Å². The molecule has 1 rings (SSSR count). The zero-order valence-electron chi connectivity index (χ0n) is 22.7. The van der Waals surface area contributed by atoms with Gasteiger partial charge in [-0.15, -0.1) is 0 Å². The van der Waals surface area contributed by atoms with Crippen LogP contribution in [-0.4, -0.2) is 23.6 Å². The van der Waals surface area contributed by atoms with Crippen molar-refractivity contribution in [2.75, 3.05) is 6.54 Å². The van der Waals surface area contributed by atoms with E-state index < -0.39 is 0 Å². The summed E-state index contributed by atoms with van der Waals surface area (Å²) in [6.45, 7) is 8.02. The summed E-state index contributed by atoms with van der Waals surface area (Å²) in [4.78, 5) is 0. The van der Waals surface area contributed by atoms with E-state index in [1.807, 2.05) is 0 Å². The molecule has 0 radical (unpaired) electrons. The molecule has 0 fully saturated rings. The molecule has 2 unspecified atom stereocenters. The van der Waals surface area contributed by atoms with Crippen molar-refractivity contribution in [3.8, 4) is 0 Å². The molecule has 198 valence electrons. The van der Waals surface area contributed by atoms with E-state index in [1.165, 1.54) is 146 Å². The Bertz CT molecular complexity index is 444. The number of nitrogens with zero attached hydrogens (tertiary/aromatic N) is 2. The van der Waals surface area contributed by atoms with E-state index in [1.54, 1.807) is 0 Å². The molecular weight excluding hydrogens is 428 g/mol. The summed E-state index contributed by atoms with van der Waals surface area (Å²) in [6, 6.07) is 0. The minimum Gasteiger partial charge on any atom is -1.00 e. The Labute approximate surface area is 213 Å². The van der Waals surface area contributed by atoms with Crippen molar-refractivity contribution < 1.29 is 17.4 Å². The molecule has 2 atom stereocenters. The van der Waals surface area contributed by atoms with Crippen LogP contribution >= 0.6 is 0 Å². The minimum absolute atomic E-state index is 0. The Morgan fingerprint density at radius 2 is 1.06 bits per heavy atom. The molecule has 4 nitrogen and oxygen atoms in total. The number of nitrogens with two attached hydrogens (primary N) is 1. The van der Waals surface area contributed by atoms with Crippen LogP contribution in [-0.2, 0) is 0 Å². The van der Waals surface area contributed by atoms with Crippen LogP contribution in [0.4, 0.5) is 0 Å². The molecule has 0 saturated carbocycles. The molecule has 0 aliphatic carbocycles. The van der Waals surface area contributed by atoms with E-state index in [0.29, 0.717) is 6.17 Å². The van der Waals surface area contributed by atoms with Crippen molar-refractivity contribution in [1.29, 1.82) is 0 Å². The molecule has 0 saturated heterocycles. The van der Waals surface area contributed by atoms with E-state index in [0.717, 1.165) is 13.0 Å². The first-order valence-electron chi connectivity index (χ1n) is 14.7. The molecular formula is C28H59ClN4. The number of hydrazine groups is 1. The third kappa shape index (κ3) is 16.1. The number of nitrogens with one attached hydrogen (secondary N) is 1. The highest BCUT2D eigenvalue weighted by atomic mass is 35.5. The van der Waals surface area contributed by atoms with Gasteiger partial charge in [-0.05, 0) is 25.7 Å². The normalized spacial score (nSPS) is 17.9. The Balaban J connectivity index is 0.0000102. The maximum atomic E-state index is 6.60. The average molecular weight is 487 g/mol. The standard InChI is InChI=1S/C28H58N4.ClH/c1-4-7-10-13-14-15-16-17-20-23-26-31-28(25-22-19-12-9-6-3)32(29)27(30-31)24-21-18-11-8-5-2;/h28H,4-26,29H2,1-3H3;1H. The highest BCUT2D eigenvalue weighted by Crippen LogP contribution is 2.14. The fourth-order valence-corrected chi connectivity index (χ4v) is 4.97. The fraction of sp³-hybridized carbons (Fsp3) is 0.964. The quantitative estimate of drug-likeness (QED) is 0.166. The molecule has 1 heterocycles. The lowest BCUT2D eigenvalue weighted by molar-refractivity contribution is -0.935. The third-order valence-corrected chi connectivity index (χ3v) is 7.16. The summed E-state index contributed by atoms with van der Waals surface area (Å²) >= 11 is 0. The Morgan fingerprint density at radius 1 is 0.636 bits per heavy atom. The van der Waals surface area contributed by atoms with Gasteiger partial charge in [0.15, 0.2) is 5.84 Å².